The average molecular weight is 250 g/mol. The average Bonchev–Trinajstić information content (AvgIpc) is 1.97. The van der Waals surface area contributed by atoms with Crippen LogP contribution in [0.1, 0.15) is 41.5 Å². The highest BCUT2D eigenvalue weighted by molar-refractivity contribution is 5.21. The molecule has 102 valence electrons. The van der Waals surface area contributed by atoms with Gasteiger partial charge in [0.25, 0.3) is 0 Å². The molecule has 17 heavy (non-hydrogen) atoms. The number of hydrogen-bond acceptors (Lipinski definition) is 6. The molecule has 0 radical (unpaired) electrons. The molecule has 8 heteroatoms. The van der Waals surface area contributed by atoms with Crippen LogP contribution in [0.2, 0.25) is 0 Å². The van der Waals surface area contributed by atoms with Crippen LogP contribution in [-0.2, 0) is 9.78 Å². The smallest absolute Gasteiger partial charge is 0.122 e. The monoisotopic (exact) mass is 250 g/mol. The van der Waals surface area contributed by atoms with Crippen molar-refractivity contribution in [2.45, 2.75) is 52.7 Å². The zero-order valence-corrected chi connectivity index (χ0v) is 11.6. The Balaban J connectivity index is 4.99. The molecule has 1 atom stereocenters. The van der Waals surface area contributed by atoms with Crippen LogP contribution >= 0.6 is 0 Å². The van der Waals surface area contributed by atoms with Gasteiger partial charge in [-0.25, -0.2) is 0 Å². The Bertz CT molecular complexity index is 280. The predicted octanol–water partition coefficient (Wildman–Crippen LogP) is 0.232. The minimum Gasteiger partial charge on any atom is -0.122 e. The fourth-order valence-electron chi connectivity index (χ4n) is 0.780. The number of hydroxylamine groups is 1. The molecule has 0 aliphatic rings. The molecule has 6 N–H and O–H groups in total. The van der Waals surface area contributed by atoms with Crippen molar-refractivity contribution in [2.24, 2.45) is 22.6 Å². The van der Waals surface area contributed by atoms with Crippen molar-refractivity contribution in [2.75, 3.05) is 0 Å². The van der Waals surface area contributed by atoms with Gasteiger partial charge < -0.3 is 0 Å². The van der Waals surface area contributed by atoms with Gasteiger partial charge in [0, 0.05) is 9.97 Å². The molecule has 0 aromatic heterocycles. The fraction of sp³-hybridized carbons (Fsp3) is 0.889. The third-order valence-corrected chi connectivity index (χ3v) is 1.90. The summed E-state index contributed by atoms with van der Waals surface area (Å²) in [6, 6.07) is 0. The zero-order valence-electron chi connectivity index (χ0n) is 11.6. The number of quaternary nitrogens is 2. The van der Waals surface area contributed by atoms with Gasteiger partial charge in [-0.15, -0.1) is 16.5 Å². The molecule has 0 spiro atoms. The SMILES string of the molecule is C=N[N+](N)(OC(C)(C)C)O[N+](N)(N)C(C)(C)C. The second kappa shape index (κ2) is 4.58. The summed E-state index contributed by atoms with van der Waals surface area (Å²) in [5.41, 5.74) is -1.22. The number of rotatable bonds is 4. The van der Waals surface area contributed by atoms with Crippen molar-refractivity contribution in [1.29, 1.82) is 0 Å². The van der Waals surface area contributed by atoms with E-state index in [1.165, 1.54) is 0 Å². The Morgan fingerprint density at radius 3 is 1.65 bits per heavy atom. The maximum absolute atomic E-state index is 5.80. The van der Waals surface area contributed by atoms with E-state index in [-0.39, 0.29) is 0 Å². The van der Waals surface area contributed by atoms with E-state index < -0.39 is 21.0 Å². The molecule has 0 aliphatic heterocycles. The Morgan fingerprint density at radius 1 is 1.00 bits per heavy atom. The van der Waals surface area contributed by atoms with Gasteiger partial charge in [-0.1, -0.05) is 5.84 Å². The van der Waals surface area contributed by atoms with Crippen molar-refractivity contribution in [3.8, 4) is 0 Å². The van der Waals surface area contributed by atoms with Gasteiger partial charge >= 0.3 is 0 Å². The summed E-state index contributed by atoms with van der Waals surface area (Å²) < 4.78 is 0. The van der Waals surface area contributed by atoms with E-state index in [1.54, 1.807) is 41.5 Å². The van der Waals surface area contributed by atoms with Gasteiger partial charge in [0.15, 0.2) is 5.54 Å². The molecule has 0 aromatic rings. The summed E-state index contributed by atoms with van der Waals surface area (Å²) in [5.74, 6) is 17.4. The first kappa shape index (κ1) is 16.4. The number of hydrogen-bond donors (Lipinski definition) is 3. The zero-order chi connectivity index (χ0) is 14.1. The first-order valence-corrected chi connectivity index (χ1v) is 5.27. The predicted molar refractivity (Wildman–Crippen MR) is 64.3 cm³/mol. The highest BCUT2D eigenvalue weighted by Gasteiger charge is 2.50. The molecule has 0 bridgehead atoms. The summed E-state index contributed by atoms with van der Waals surface area (Å²) in [7, 11) is 0. The number of nitrogens with zero attached hydrogens (tertiary/aromatic N) is 3. The van der Waals surface area contributed by atoms with Crippen molar-refractivity contribution >= 4 is 6.72 Å². The van der Waals surface area contributed by atoms with E-state index in [0.717, 1.165) is 0 Å². The van der Waals surface area contributed by atoms with Gasteiger partial charge in [-0.2, -0.15) is 0 Å². The van der Waals surface area contributed by atoms with Crippen LogP contribution in [0.15, 0.2) is 5.10 Å². The highest BCUT2D eigenvalue weighted by Crippen LogP contribution is 2.22. The van der Waals surface area contributed by atoms with Crippen molar-refractivity contribution in [3.05, 3.63) is 0 Å². The minimum absolute atomic E-state index is 0.603. The normalized spacial score (nSPS) is 17.7. The van der Waals surface area contributed by atoms with Crippen LogP contribution < -0.4 is 17.5 Å². The van der Waals surface area contributed by atoms with E-state index >= 15 is 0 Å². The quantitative estimate of drug-likeness (QED) is 0.286. The Kier molecular flexibility index (Phi) is 4.41. The van der Waals surface area contributed by atoms with E-state index in [2.05, 4.69) is 11.8 Å². The minimum atomic E-state index is -1.09. The lowest BCUT2D eigenvalue weighted by Crippen LogP contribution is -2.75. The Labute approximate surface area is 102 Å². The van der Waals surface area contributed by atoms with Gasteiger partial charge in [0.2, 0.25) is 5.03 Å². The largest absolute Gasteiger partial charge is 0.211 e. The maximum atomic E-state index is 5.80. The molecule has 0 heterocycles. The first-order valence-electron chi connectivity index (χ1n) is 5.27. The summed E-state index contributed by atoms with van der Waals surface area (Å²) in [5, 5.41) is 2.46. The van der Waals surface area contributed by atoms with Crippen molar-refractivity contribution < 1.29 is 19.7 Å². The van der Waals surface area contributed by atoms with E-state index in [0.29, 0.717) is 0 Å². The lowest BCUT2D eigenvalue weighted by atomic mass is 10.1. The lowest BCUT2D eigenvalue weighted by molar-refractivity contribution is -1.44. The second-order valence-corrected chi connectivity index (χ2v) is 5.87. The molecule has 0 aromatic carbocycles. The first-order chi connectivity index (χ1) is 7.22. The molecule has 0 fully saturated rings. The van der Waals surface area contributed by atoms with Gasteiger partial charge in [0.1, 0.15) is 10.5 Å². The Morgan fingerprint density at radius 2 is 1.41 bits per heavy atom. The van der Waals surface area contributed by atoms with Crippen molar-refractivity contribution in [3.63, 3.8) is 0 Å². The summed E-state index contributed by atoms with van der Waals surface area (Å²) >= 11 is 0. The Hall–Kier alpha value is -0.610. The highest BCUT2D eigenvalue weighted by atomic mass is 17.1. The number of nitrogens with two attached hydrogens (primary N) is 3. The third kappa shape index (κ3) is 5.04. The van der Waals surface area contributed by atoms with Crippen LogP contribution in [-0.4, -0.2) is 27.7 Å². The molecule has 0 saturated heterocycles. The molecule has 0 aliphatic carbocycles. The summed E-state index contributed by atoms with van der Waals surface area (Å²) in [4.78, 5) is 9.84. The van der Waals surface area contributed by atoms with Gasteiger partial charge in [-0.05, 0) is 41.5 Å². The maximum Gasteiger partial charge on any atom is 0.211 e. The van der Waals surface area contributed by atoms with Gasteiger partial charge in [0.05, 0.1) is 6.72 Å². The molecule has 0 rings (SSSR count). The molecule has 0 amide bonds. The van der Waals surface area contributed by atoms with E-state index in [4.69, 9.17) is 27.3 Å². The lowest BCUT2D eigenvalue weighted by Gasteiger charge is -2.36. The van der Waals surface area contributed by atoms with Crippen LogP contribution in [0.3, 0.4) is 0 Å². The van der Waals surface area contributed by atoms with Crippen LogP contribution in [0.25, 0.3) is 0 Å². The summed E-state index contributed by atoms with van der Waals surface area (Å²) in [6.45, 7) is 14.1. The standard InChI is InChI=1S/C9H26N6O2/c1-8(2,3)14(10,11)17-15(12,13-7)16-9(4,5)6/h7,10-12H2,1-6H3/q+2. The second-order valence-electron chi connectivity index (χ2n) is 5.87. The van der Waals surface area contributed by atoms with Crippen LogP contribution in [0.5, 0.6) is 0 Å². The molecular weight excluding hydrogens is 224 g/mol. The van der Waals surface area contributed by atoms with E-state index in [9.17, 15) is 0 Å². The molecule has 8 nitrogen and oxygen atoms in total. The molecular formula is C9H26N6O2+2. The summed E-state index contributed by atoms with van der Waals surface area (Å²) in [6.07, 6.45) is 0. The van der Waals surface area contributed by atoms with Crippen LogP contribution in [0.4, 0.5) is 0 Å². The molecule has 0 saturated carbocycles. The topological polar surface area (TPSA) is 109 Å². The third-order valence-electron chi connectivity index (χ3n) is 1.90. The molecule has 1 unspecified atom stereocenters. The van der Waals surface area contributed by atoms with Crippen LogP contribution in [0, 0.1) is 0 Å². The van der Waals surface area contributed by atoms with E-state index in [1.807, 2.05) is 0 Å². The fourth-order valence-corrected chi connectivity index (χ4v) is 0.780. The van der Waals surface area contributed by atoms with Crippen molar-refractivity contribution in [1.82, 2.24) is 0 Å². The van der Waals surface area contributed by atoms with Gasteiger partial charge in [-0.3, -0.25) is 0 Å².